The second kappa shape index (κ2) is 3.03. The van der Waals surface area contributed by atoms with Crippen LogP contribution in [0.1, 0.15) is 0 Å². The van der Waals surface area contributed by atoms with Crippen LogP contribution in [-0.4, -0.2) is 19.9 Å². The van der Waals surface area contributed by atoms with Crippen LogP contribution >= 0.6 is 11.3 Å². The van der Waals surface area contributed by atoms with Crippen molar-refractivity contribution in [2.24, 2.45) is 0 Å². The summed E-state index contributed by atoms with van der Waals surface area (Å²) in [6.45, 7) is 0. The van der Waals surface area contributed by atoms with E-state index in [0.29, 0.717) is 5.65 Å². The van der Waals surface area contributed by atoms with E-state index < -0.39 is 0 Å². The highest BCUT2D eigenvalue weighted by atomic mass is 32.1. The quantitative estimate of drug-likeness (QED) is 0.649. The topological polar surface area (TPSA) is 80.5 Å². The van der Waals surface area contributed by atoms with Gasteiger partial charge in [-0.25, -0.2) is 9.97 Å². The average Bonchev–Trinajstić information content (AvgIpc) is 2.86. The number of nitrogens with zero attached hydrogens (tertiary/aromatic N) is 3. The van der Waals surface area contributed by atoms with Gasteiger partial charge in [0.05, 0.1) is 11.2 Å². The number of anilines is 1. The lowest BCUT2D eigenvalue weighted by molar-refractivity contribution is 1.22. The van der Waals surface area contributed by atoms with Gasteiger partial charge in [-0.1, -0.05) is 6.07 Å². The van der Waals surface area contributed by atoms with E-state index >= 15 is 0 Å². The molecule has 0 saturated carbocycles. The predicted octanol–water partition coefficient (Wildman–Crippen LogP) is 1.66. The number of hydrogen-bond acceptors (Lipinski definition) is 5. The van der Waals surface area contributed by atoms with Crippen LogP contribution in [0.25, 0.3) is 21.7 Å². The molecule has 5 nitrogen and oxygen atoms in total. The molecule has 0 fully saturated rings. The Bertz CT molecular complexity index is 598. The summed E-state index contributed by atoms with van der Waals surface area (Å²) in [4.78, 5) is 16.4. The molecule has 0 aliphatic heterocycles. The van der Waals surface area contributed by atoms with Gasteiger partial charge in [0.15, 0.2) is 5.65 Å². The van der Waals surface area contributed by atoms with E-state index in [9.17, 15) is 0 Å². The highest BCUT2D eigenvalue weighted by molar-refractivity contribution is 7.13. The third-order valence-corrected chi connectivity index (χ3v) is 2.93. The van der Waals surface area contributed by atoms with E-state index in [2.05, 4.69) is 19.9 Å². The van der Waals surface area contributed by atoms with Gasteiger partial charge < -0.3 is 10.7 Å². The lowest BCUT2D eigenvalue weighted by Gasteiger charge is -1.99. The molecule has 0 aromatic carbocycles. The van der Waals surface area contributed by atoms with Crippen LogP contribution in [0.5, 0.6) is 0 Å². The molecular weight excluding hydrogens is 210 g/mol. The first-order chi connectivity index (χ1) is 7.34. The van der Waals surface area contributed by atoms with Crippen molar-refractivity contribution in [3.05, 3.63) is 23.8 Å². The molecule has 3 N–H and O–H groups in total. The van der Waals surface area contributed by atoms with E-state index in [1.807, 2.05) is 17.5 Å². The lowest BCUT2D eigenvalue weighted by atomic mass is 10.3. The second-order valence-electron chi connectivity index (χ2n) is 3.01. The van der Waals surface area contributed by atoms with Gasteiger partial charge >= 0.3 is 0 Å². The molecule has 3 aromatic heterocycles. The summed E-state index contributed by atoms with van der Waals surface area (Å²) in [5.41, 5.74) is 7.86. The molecule has 0 aliphatic rings. The van der Waals surface area contributed by atoms with E-state index in [-0.39, 0.29) is 5.95 Å². The van der Waals surface area contributed by atoms with Crippen LogP contribution in [0.4, 0.5) is 5.95 Å². The van der Waals surface area contributed by atoms with Crippen LogP contribution in [0.15, 0.2) is 23.8 Å². The summed E-state index contributed by atoms with van der Waals surface area (Å²) < 4.78 is 0. The molecule has 0 atom stereocenters. The minimum absolute atomic E-state index is 0.248. The maximum Gasteiger partial charge on any atom is 0.222 e. The molecule has 15 heavy (non-hydrogen) atoms. The number of rotatable bonds is 1. The number of H-pyrrole nitrogens is 1. The Labute approximate surface area is 89.0 Å². The minimum Gasteiger partial charge on any atom is -0.368 e. The van der Waals surface area contributed by atoms with Crippen molar-refractivity contribution >= 4 is 28.4 Å². The average molecular weight is 217 g/mol. The number of hydrogen-bond donors (Lipinski definition) is 2. The third-order valence-electron chi connectivity index (χ3n) is 2.06. The lowest BCUT2D eigenvalue weighted by Crippen LogP contribution is -1.96. The Hall–Kier alpha value is -1.95. The van der Waals surface area contributed by atoms with Gasteiger partial charge in [-0.3, -0.25) is 0 Å². The molecule has 0 unspecified atom stereocenters. The fourth-order valence-corrected chi connectivity index (χ4v) is 2.16. The first-order valence-electron chi connectivity index (χ1n) is 4.35. The van der Waals surface area contributed by atoms with E-state index in [0.717, 1.165) is 16.1 Å². The highest BCUT2D eigenvalue weighted by Crippen LogP contribution is 2.27. The summed E-state index contributed by atoms with van der Waals surface area (Å²) in [6, 6.07) is 3.97. The standard InChI is InChI=1S/C9H7N5S/c10-9-13-6(5-2-1-3-15-5)7-8(14-9)12-4-11-7/h1-4H,(H3,10,11,12,13,14). The Morgan fingerprint density at radius 3 is 3.07 bits per heavy atom. The number of aromatic amines is 1. The number of fused-ring (bicyclic) bond motifs is 1. The van der Waals surface area contributed by atoms with Crippen LogP contribution < -0.4 is 5.73 Å². The van der Waals surface area contributed by atoms with Crippen LogP contribution in [-0.2, 0) is 0 Å². The number of imidazole rings is 1. The van der Waals surface area contributed by atoms with E-state index in [1.54, 1.807) is 17.7 Å². The Morgan fingerprint density at radius 2 is 2.27 bits per heavy atom. The molecule has 3 aromatic rings. The summed E-state index contributed by atoms with van der Waals surface area (Å²) in [7, 11) is 0. The smallest absolute Gasteiger partial charge is 0.222 e. The van der Waals surface area contributed by atoms with Crippen molar-refractivity contribution in [3.63, 3.8) is 0 Å². The Balaban J connectivity index is 2.38. The van der Waals surface area contributed by atoms with Crippen molar-refractivity contribution in [1.29, 1.82) is 0 Å². The molecule has 0 saturated heterocycles. The fraction of sp³-hybridized carbons (Fsp3) is 0. The zero-order valence-corrected chi connectivity index (χ0v) is 8.45. The zero-order chi connectivity index (χ0) is 10.3. The Kier molecular flexibility index (Phi) is 1.69. The molecule has 0 radical (unpaired) electrons. The van der Waals surface area contributed by atoms with Gasteiger partial charge in [-0.05, 0) is 11.4 Å². The van der Waals surface area contributed by atoms with E-state index in [1.165, 1.54) is 0 Å². The van der Waals surface area contributed by atoms with Crippen molar-refractivity contribution in [2.45, 2.75) is 0 Å². The molecule has 0 aliphatic carbocycles. The maximum absolute atomic E-state index is 5.62. The monoisotopic (exact) mass is 217 g/mol. The van der Waals surface area contributed by atoms with Crippen LogP contribution in [0, 0.1) is 0 Å². The molecule has 0 spiro atoms. The largest absolute Gasteiger partial charge is 0.368 e. The molecule has 6 heteroatoms. The van der Waals surface area contributed by atoms with Gasteiger partial charge in [-0.15, -0.1) is 11.3 Å². The van der Waals surface area contributed by atoms with Gasteiger partial charge in [0.25, 0.3) is 0 Å². The summed E-state index contributed by atoms with van der Waals surface area (Å²) in [6.07, 6.45) is 1.59. The van der Waals surface area contributed by atoms with Gasteiger partial charge in [0, 0.05) is 0 Å². The first kappa shape index (κ1) is 8.37. The zero-order valence-electron chi connectivity index (χ0n) is 7.64. The summed E-state index contributed by atoms with van der Waals surface area (Å²) >= 11 is 1.61. The van der Waals surface area contributed by atoms with E-state index in [4.69, 9.17) is 5.73 Å². The van der Waals surface area contributed by atoms with Crippen LogP contribution in [0.3, 0.4) is 0 Å². The Morgan fingerprint density at radius 1 is 1.33 bits per heavy atom. The third kappa shape index (κ3) is 1.26. The second-order valence-corrected chi connectivity index (χ2v) is 3.96. The van der Waals surface area contributed by atoms with Gasteiger partial charge in [0.1, 0.15) is 11.2 Å². The molecule has 3 rings (SSSR count). The molecule has 0 amide bonds. The molecular formula is C9H7N5S. The SMILES string of the molecule is Nc1nc(-c2cccs2)c2[nH]cnc2n1. The van der Waals surface area contributed by atoms with Gasteiger partial charge in [0.2, 0.25) is 5.95 Å². The van der Waals surface area contributed by atoms with Crippen molar-refractivity contribution in [3.8, 4) is 10.6 Å². The minimum atomic E-state index is 0.248. The molecule has 3 heterocycles. The molecule has 0 bridgehead atoms. The van der Waals surface area contributed by atoms with Crippen molar-refractivity contribution in [2.75, 3.05) is 5.73 Å². The molecule has 74 valence electrons. The number of nitrogens with two attached hydrogens (primary N) is 1. The number of aromatic nitrogens is 4. The normalized spacial score (nSPS) is 10.9. The summed E-state index contributed by atoms with van der Waals surface area (Å²) in [5, 5.41) is 2.00. The summed E-state index contributed by atoms with van der Waals surface area (Å²) in [5.74, 6) is 0.248. The van der Waals surface area contributed by atoms with Crippen molar-refractivity contribution in [1.82, 2.24) is 19.9 Å². The van der Waals surface area contributed by atoms with Crippen LogP contribution in [0.2, 0.25) is 0 Å². The maximum atomic E-state index is 5.62. The first-order valence-corrected chi connectivity index (χ1v) is 5.23. The van der Waals surface area contributed by atoms with Crippen molar-refractivity contribution < 1.29 is 0 Å². The fourth-order valence-electron chi connectivity index (χ4n) is 1.44. The number of nitrogen functional groups attached to an aromatic ring is 1. The van der Waals surface area contributed by atoms with Gasteiger partial charge in [-0.2, -0.15) is 4.98 Å². The highest BCUT2D eigenvalue weighted by Gasteiger charge is 2.10. The predicted molar refractivity (Wildman–Crippen MR) is 59.4 cm³/mol. The number of nitrogens with one attached hydrogen (secondary N) is 1. The number of thiophene rings is 1.